The van der Waals surface area contributed by atoms with Gasteiger partial charge in [0.1, 0.15) is 5.60 Å². The first-order valence-corrected chi connectivity index (χ1v) is 11.9. The predicted molar refractivity (Wildman–Crippen MR) is 118 cm³/mol. The molecule has 168 valence electrons. The van der Waals surface area contributed by atoms with Crippen LogP contribution in [0.1, 0.15) is 79.1 Å². The summed E-state index contributed by atoms with van der Waals surface area (Å²) in [6.07, 6.45) is 9.61. The average molecular weight is 409 g/mol. The Morgan fingerprint density at radius 3 is 2.28 bits per heavy atom. The molecule has 1 amide bonds. The summed E-state index contributed by atoms with van der Waals surface area (Å²) in [5.41, 5.74) is 5.80. The fraction of sp³-hybridized carbons (Fsp3) is 0.957. The number of ether oxygens (including phenoxy) is 1. The fourth-order valence-electron chi connectivity index (χ4n) is 5.41. The van der Waals surface area contributed by atoms with E-state index in [-0.39, 0.29) is 11.6 Å². The Hall–Kier alpha value is -0.850. The van der Waals surface area contributed by atoms with Crippen molar-refractivity contribution in [1.82, 2.24) is 15.1 Å². The predicted octanol–water partition coefficient (Wildman–Crippen LogP) is 3.35. The molecule has 3 N–H and O–H groups in total. The molecular formula is C23H44N4O2. The number of hydrogen-bond donors (Lipinski definition) is 2. The fourth-order valence-corrected chi connectivity index (χ4v) is 5.41. The maximum absolute atomic E-state index is 12.4. The molecule has 3 aliphatic rings. The zero-order valence-corrected chi connectivity index (χ0v) is 19.2. The lowest BCUT2D eigenvalue weighted by Gasteiger charge is -2.49. The highest BCUT2D eigenvalue weighted by molar-refractivity contribution is 5.68. The van der Waals surface area contributed by atoms with Crippen molar-refractivity contribution in [2.45, 2.75) is 102 Å². The topological polar surface area (TPSA) is 70.8 Å². The van der Waals surface area contributed by atoms with Gasteiger partial charge in [-0.2, -0.15) is 0 Å². The van der Waals surface area contributed by atoms with Crippen molar-refractivity contribution < 1.29 is 9.53 Å². The number of carbonyl (C=O) groups excluding carboxylic acids is 1. The van der Waals surface area contributed by atoms with Crippen LogP contribution in [0.25, 0.3) is 0 Å². The summed E-state index contributed by atoms with van der Waals surface area (Å²) >= 11 is 0. The molecule has 0 aromatic carbocycles. The number of likely N-dealkylation sites (tertiary alicyclic amines) is 2. The van der Waals surface area contributed by atoms with E-state index in [1.54, 1.807) is 0 Å². The van der Waals surface area contributed by atoms with Crippen LogP contribution in [0.4, 0.5) is 4.79 Å². The van der Waals surface area contributed by atoms with E-state index in [1.807, 2.05) is 25.7 Å². The third kappa shape index (κ3) is 6.08. The number of carbonyl (C=O) groups is 1. The van der Waals surface area contributed by atoms with Crippen molar-refractivity contribution in [3.8, 4) is 0 Å². The zero-order chi connectivity index (χ0) is 21.1. The highest BCUT2D eigenvalue weighted by Crippen LogP contribution is 2.32. The molecule has 2 aliphatic heterocycles. The quantitative estimate of drug-likeness (QED) is 0.746. The maximum atomic E-state index is 12.4. The molecule has 6 heteroatoms. The molecule has 0 aromatic heterocycles. The molecule has 3 rings (SSSR count). The van der Waals surface area contributed by atoms with E-state index in [1.165, 1.54) is 38.5 Å². The summed E-state index contributed by atoms with van der Waals surface area (Å²) in [6.45, 7) is 12.9. The van der Waals surface area contributed by atoms with Crippen LogP contribution in [0.3, 0.4) is 0 Å². The molecule has 2 saturated heterocycles. The van der Waals surface area contributed by atoms with Crippen molar-refractivity contribution in [2.75, 3.05) is 32.7 Å². The van der Waals surface area contributed by atoms with Crippen LogP contribution >= 0.6 is 0 Å². The number of rotatable bonds is 4. The van der Waals surface area contributed by atoms with Crippen LogP contribution in [0.5, 0.6) is 0 Å². The first-order chi connectivity index (χ1) is 13.7. The SMILES string of the molecule is CC(C)(C)OC(=O)N1CCC(C)(N2CCC(N[C@H]3CCCC[C@@H]3CN)CC2)CC1. The number of nitrogens with zero attached hydrogens (tertiary/aromatic N) is 2. The minimum atomic E-state index is -0.423. The second kappa shape index (κ2) is 9.52. The number of nitrogens with two attached hydrogens (primary N) is 1. The summed E-state index contributed by atoms with van der Waals surface area (Å²) < 4.78 is 5.55. The van der Waals surface area contributed by atoms with Crippen LogP contribution in [0, 0.1) is 5.92 Å². The van der Waals surface area contributed by atoms with Crippen LogP contribution in [0.2, 0.25) is 0 Å². The molecule has 6 nitrogen and oxygen atoms in total. The van der Waals surface area contributed by atoms with Gasteiger partial charge in [-0.05, 0) is 78.7 Å². The zero-order valence-electron chi connectivity index (χ0n) is 19.2. The Morgan fingerprint density at radius 1 is 1.07 bits per heavy atom. The van der Waals surface area contributed by atoms with E-state index in [0.717, 1.165) is 45.6 Å². The molecule has 2 heterocycles. The molecule has 3 fully saturated rings. The van der Waals surface area contributed by atoms with Crippen LogP contribution in [-0.2, 0) is 4.74 Å². The molecule has 29 heavy (non-hydrogen) atoms. The summed E-state index contributed by atoms with van der Waals surface area (Å²) in [7, 11) is 0. The molecule has 0 spiro atoms. The summed E-state index contributed by atoms with van der Waals surface area (Å²) in [5, 5.41) is 3.96. The molecule has 0 aromatic rings. The van der Waals surface area contributed by atoms with Gasteiger partial charge in [-0.15, -0.1) is 0 Å². The monoisotopic (exact) mass is 408 g/mol. The van der Waals surface area contributed by atoms with Crippen LogP contribution < -0.4 is 11.1 Å². The lowest BCUT2D eigenvalue weighted by atomic mass is 9.83. The van der Waals surface area contributed by atoms with Gasteiger partial charge in [-0.3, -0.25) is 4.90 Å². The third-order valence-electron chi connectivity index (χ3n) is 7.41. The van der Waals surface area contributed by atoms with E-state index >= 15 is 0 Å². The minimum Gasteiger partial charge on any atom is -0.444 e. The van der Waals surface area contributed by atoms with Gasteiger partial charge in [-0.1, -0.05) is 12.8 Å². The molecule has 0 unspecified atom stereocenters. The number of amides is 1. The van der Waals surface area contributed by atoms with Gasteiger partial charge in [0.2, 0.25) is 0 Å². The molecular weight excluding hydrogens is 364 g/mol. The van der Waals surface area contributed by atoms with E-state index in [9.17, 15) is 4.79 Å². The van der Waals surface area contributed by atoms with Gasteiger partial charge in [0, 0.05) is 43.8 Å². The van der Waals surface area contributed by atoms with Gasteiger partial charge in [-0.25, -0.2) is 4.79 Å². The largest absolute Gasteiger partial charge is 0.444 e. The van der Waals surface area contributed by atoms with E-state index in [4.69, 9.17) is 10.5 Å². The Kier molecular flexibility index (Phi) is 7.50. The summed E-state index contributed by atoms with van der Waals surface area (Å²) in [5.74, 6) is 0.663. The second-order valence-corrected chi connectivity index (χ2v) is 10.8. The Morgan fingerprint density at radius 2 is 1.69 bits per heavy atom. The van der Waals surface area contributed by atoms with Crippen molar-refractivity contribution in [3.63, 3.8) is 0 Å². The Labute approximate surface area is 177 Å². The normalized spacial score (nSPS) is 29.6. The standard InChI is InChI=1S/C23H44N4O2/c1-22(2,3)29-21(28)26-15-11-23(4,12-16-26)27-13-9-19(10-14-27)25-20-8-6-5-7-18(20)17-24/h18-20,25H,5-17,24H2,1-4H3/t18-,20+/m1/s1. The van der Waals surface area contributed by atoms with Gasteiger partial charge in [0.25, 0.3) is 0 Å². The molecule has 2 atom stereocenters. The Balaban J connectivity index is 1.44. The van der Waals surface area contributed by atoms with Gasteiger partial charge >= 0.3 is 6.09 Å². The molecule has 1 saturated carbocycles. The lowest BCUT2D eigenvalue weighted by Crippen LogP contribution is -2.59. The van der Waals surface area contributed by atoms with Crippen LogP contribution in [0.15, 0.2) is 0 Å². The van der Waals surface area contributed by atoms with E-state index in [2.05, 4.69) is 17.1 Å². The van der Waals surface area contributed by atoms with Crippen LogP contribution in [-0.4, -0.2) is 71.8 Å². The Bertz CT molecular complexity index is 531. The van der Waals surface area contributed by atoms with Gasteiger partial charge in [0.15, 0.2) is 0 Å². The number of nitrogens with one attached hydrogen (secondary N) is 1. The average Bonchev–Trinajstić information content (AvgIpc) is 2.68. The second-order valence-electron chi connectivity index (χ2n) is 10.8. The first-order valence-electron chi connectivity index (χ1n) is 11.9. The highest BCUT2D eigenvalue weighted by Gasteiger charge is 2.39. The smallest absolute Gasteiger partial charge is 0.410 e. The maximum Gasteiger partial charge on any atom is 0.410 e. The van der Waals surface area contributed by atoms with Crippen molar-refractivity contribution >= 4 is 6.09 Å². The van der Waals surface area contributed by atoms with Crippen molar-refractivity contribution in [2.24, 2.45) is 11.7 Å². The number of piperidine rings is 2. The number of hydrogen-bond acceptors (Lipinski definition) is 5. The summed E-state index contributed by atoms with van der Waals surface area (Å²) in [4.78, 5) is 16.9. The minimum absolute atomic E-state index is 0.163. The van der Waals surface area contributed by atoms with Gasteiger partial charge < -0.3 is 20.7 Å². The highest BCUT2D eigenvalue weighted by atomic mass is 16.6. The van der Waals surface area contributed by atoms with E-state index in [0.29, 0.717) is 18.0 Å². The van der Waals surface area contributed by atoms with Gasteiger partial charge in [0.05, 0.1) is 0 Å². The lowest BCUT2D eigenvalue weighted by molar-refractivity contribution is -0.00930. The molecule has 0 bridgehead atoms. The third-order valence-corrected chi connectivity index (χ3v) is 7.41. The summed E-state index contributed by atoms with van der Waals surface area (Å²) in [6, 6.07) is 1.26. The molecule has 1 aliphatic carbocycles. The van der Waals surface area contributed by atoms with Crippen molar-refractivity contribution in [3.05, 3.63) is 0 Å². The van der Waals surface area contributed by atoms with E-state index < -0.39 is 5.60 Å². The first kappa shape index (κ1) is 22.8. The molecule has 0 radical (unpaired) electrons. The van der Waals surface area contributed by atoms with Crippen molar-refractivity contribution in [1.29, 1.82) is 0 Å².